The number of rotatable bonds is 5. The maximum Gasteiger partial charge on any atom is 0.264 e. The van der Waals surface area contributed by atoms with Gasteiger partial charge in [-0.3, -0.25) is 0 Å². The van der Waals surface area contributed by atoms with Crippen molar-refractivity contribution in [2.45, 2.75) is 4.90 Å². The molecule has 9 heteroatoms. The van der Waals surface area contributed by atoms with Crippen molar-refractivity contribution in [2.75, 3.05) is 18.9 Å². The van der Waals surface area contributed by atoms with Gasteiger partial charge in [-0.2, -0.15) is 0 Å². The molecule has 0 spiro atoms. The number of nitrogens with zero attached hydrogens (tertiary/aromatic N) is 2. The van der Waals surface area contributed by atoms with Gasteiger partial charge in [0.2, 0.25) is 5.95 Å². The molecule has 0 fully saturated rings. The maximum atomic E-state index is 12.3. The van der Waals surface area contributed by atoms with Crippen molar-refractivity contribution in [1.29, 1.82) is 0 Å². The molecule has 7 nitrogen and oxygen atoms in total. The van der Waals surface area contributed by atoms with E-state index in [0.717, 1.165) is 0 Å². The summed E-state index contributed by atoms with van der Waals surface area (Å²) in [6, 6.07) is 5.65. The maximum absolute atomic E-state index is 12.3. The second kappa shape index (κ2) is 6.15. The second-order valence-corrected chi connectivity index (χ2v) is 5.89. The Morgan fingerprint density at radius 2 is 1.86 bits per heavy atom. The molecule has 2 rings (SSSR count). The van der Waals surface area contributed by atoms with Gasteiger partial charge >= 0.3 is 0 Å². The van der Waals surface area contributed by atoms with Gasteiger partial charge < -0.3 is 9.47 Å². The smallest absolute Gasteiger partial charge is 0.264 e. The summed E-state index contributed by atoms with van der Waals surface area (Å²) in [5.41, 5.74) is 0. The molecule has 2 aromatic rings. The molecule has 1 aromatic carbocycles. The first kappa shape index (κ1) is 15.3. The molecule has 112 valence electrons. The topological polar surface area (TPSA) is 90.4 Å². The summed E-state index contributed by atoms with van der Waals surface area (Å²) >= 11 is 5.68. The average Bonchev–Trinajstić information content (AvgIpc) is 2.46. The number of sulfonamides is 1. The van der Waals surface area contributed by atoms with Crippen molar-refractivity contribution < 1.29 is 17.9 Å². The van der Waals surface area contributed by atoms with Crippen LogP contribution in [0.1, 0.15) is 0 Å². The Labute approximate surface area is 126 Å². The van der Waals surface area contributed by atoms with Crippen molar-refractivity contribution in [3.63, 3.8) is 0 Å². The lowest BCUT2D eigenvalue weighted by Gasteiger charge is -2.10. The van der Waals surface area contributed by atoms with Gasteiger partial charge in [-0.15, -0.1) is 0 Å². The van der Waals surface area contributed by atoms with Crippen LogP contribution in [0.4, 0.5) is 5.95 Å². The van der Waals surface area contributed by atoms with Crippen molar-refractivity contribution in [2.24, 2.45) is 0 Å². The third kappa shape index (κ3) is 3.53. The summed E-state index contributed by atoms with van der Waals surface area (Å²) < 4.78 is 36.9. The first-order valence-electron chi connectivity index (χ1n) is 5.69. The van der Waals surface area contributed by atoms with E-state index in [1.807, 2.05) is 0 Å². The molecule has 0 unspecified atom stereocenters. The number of anilines is 1. The van der Waals surface area contributed by atoms with E-state index in [1.54, 1.807) is 0 Å². The highest BCUT2D eigenvalue weighted by molar-refractivity contribution is 7.92. The van der Waals surface area contributed by atoms with Crippen LogP contribution in [0.2, 0.25) is 5.15 Å². The molecule has 0 atom stereocenters. The van der Waals surface area contributed by atoms with Gasteiger partial charge in [-0.05, 0) is 18.2 Å². The summed E-state index contributed by atoms with van der Waals surface area (Å²) in [5.74, 6) is 0.611. The molecule has 0 bridgehead atoms. The van der Waals surface area contributed by atoms with Crippen LogP contribution in [0.3, 0.4) is 0 Å². The van der Waals surface area contributed by atoms with Gasteiger partial charge in [0, 0.05) is 12.3 Å². The van der Waals surface area contributed by atoms with Crippen LogP contribution < -0.4 is 14.2 Å². The molecular weight excluding hydrogens is 318 g/mol. The van der Waals surface area contributed by atoms with Gasteiger partial charge in [0.05, 0.1) is 19.1 Å². The highest BCUT2D eigenvalue weighted by Crippen LogP contribution is 2.29. The van der Waals surface area contributed by atoms with Crippen molar-refractivity contribution in [3.8, 4) is 11.5 Å². The van der Waals surface area contributed by atoms with E-state index in [4.69, 9.17) is 21.1 Å². The molecule has 0 saturated heterocycles. The van der Waals surface area contributed by atoms with E-state index in [1.165, 1.54) is 44.7 Å². The fraction of sp³-hybridized carbons (Fsp3) is 0.167. The summed E-state index contributed by atoms with van der Waals surface area (Å²) in [6.07, 6.45) is 1.35. The number of hydrogen-bond acceptors (Lipinski definition) is 6. The fourth-order valence-electron chi connectivity index (χ4n) is 1.55. The molecule has 1 aromatic heterocycles. The summed E-state index contributed by atoms with van der Waals surface area (Å²) in [5, 5.41) is 0.134. The van der Waals surface area contributed by atoms with E-state index in [0.29, 0.717) is 11.5 Å². The molecule has 0 radical (unpaired) electrons. The van der Waals surface area contributed by atoms with Crippen LogP contribution in [0.15, 0.2) is 35.4 Å². The first-order valence-corrected chi connectivity index (χ1v) is 7.56. The third-order valence-corrected chi connectivity index (χ3v) is 4.05. The zero-order valence-corrected chi connectivity index (χ0v) is 12.8. The van der Waals surface area contributed by atoms with Crippen LogP contribution in [0.25, 0.3) is 0 Å². The number of hydrogen-bond donors (Lipinski definition) is 1. The monoisotopic (exact) mass is 329 g/mol. The molecule has 0 amide bonds. The minimum absolute atomic E-state index is 0.0104. The number of nitrogens with one attached hydrogen (secondary N) is 1. The lowest BCUT2D eigenvalue weighted by atomic mass is 10.3. The molecule has 0 aliphatic rings. The highest BCUT2D eigenvalue weighted by atomic mass is 35.5. The normalized spacial score (nSPS) is 11.0. The van der Waals surface area contributed by atoms with Gasteiger partial charge in [-0.1, -0.05) is 11.6 Å². The van der Waals surface area contributed by atoms with Crippen LogP contribution >= 0.6 is 11.6 Å². The number of aromatic nitrogens is 2. The Kier molecular flexibility index (Phi) is 4.49. The van der Waals surface area contributed by atoms with Gasteiger partial charge in [-0.25, -0.2) is 23.1 Å². The predicted molar refractivity (Wildman–Crippen MR) is 77.4 cm³/mol. The minimum Gasteiger partial charge on any atom is -0.493 e. The second-order valence-electron chi connectivity index (χ2n) is 3.83. The van der Waals surface area contributed by atoms with E-state index in [2.05, 4.69) is 14.7 Å². The summed E-state index contributed by atoms with van der Waals surface area (Å²) in [7, 11) is -0.976. The Morgan fingerprint density at radius 1 is 1.14 bits per heavy atom. The Bertz CT molecular complexity index is 752. The van der Waals surface area contributed by atoms with Gasteiger partial charge in [0.1, 0.15) is 5.15 Å². The number of benzene rings is 1. The highest BCUT2D eigenvalue weighted by Gasteiger charge is 2.18. The molecule has 1 N–H and O–H groups in total. The van der Waals surface area contributed by atoms with E-state index in [-0.39, 0.29) is 16.0 Å². The standard InChI is InChI=1S/C12H12ClN3O4S/c1-19-9-4-3-8(7-10(9)20-2)21(17,18)16-12-14-6-5-11(13)15-12/h3-7H,1-2H3,(H,14,15,16). The van der Waals surface area contributed by atoms with Crippen LogP contribution in [-0.4, -0.2) is 32.6 Å². The minimum atomic E-state index is -3.86. The molecule has 0 saturated carbocycles. The quantitative estimate of drug-likeness (QED) is 0.843. The largest absolute Gasteiger partial charge is 0.493 e. The van der Waals surface area contributed by atoms with Crippen LogP contribution in [0, 0.1) is 0 Å². The number of methoxy groups -OCH3 is 2. The Morgan fingerprint density at radius 3 is 2.48 bits per heavy atom. The molecule has 0 aliphatic heterocycles. The van der Waals surface area contributed by atoms with Crippen LogP contribution in [-0.2, 0) is 10.0 Å². The lowest BCUT2D eigenvalue weighted by molar-refractivity contribution is 0.354. The zero-order chi connectivity index (χ0) is 15.5. The summed E-state index contributed by atoms with van der Waals surface area (Å²) in [4.78, 5) is 7.54. The fourth-order valence-corrected chi connectivity index (χ4v) is 2.65. The van der Waals surface area contributed by atoms with E-state index >= 15 is 0 Å². The molecule has 0 aliphatic carbocycles. The number of halogens is 1. The average molecular weight is 330 g/mol. The molecular formula is C12H12ClN3O4S. The van der Waals surface area contributed by atoms with E-state index < -0.39 is 10.0 Å². The molecule has 21 heavy (non-hydrogen) atoms. The third-order valence-electron chi connectivity index (χ3n) is 2.51. The summed E-state index contributed by atoms with van der Waals surface area (Å²) in [6.45, 7) is 0. The SMILES string of the molecule is COc1ccc(S(=O)(=O)Nc2nccc(Cl)n2)cc1OC. The van der Waals surface area contributed by atoms with Gasteiger partial charge in [0.25, 0.3) is 10.0 Å². The van der Waals surface area contributed by atoms with E-state index in [9.17, 15) is 8.42 Å². The first-order chi connectivity index (χ1) is 9.96. The predicted octanol–water partition coefficient (Wildman–Crippen LogP) is 1.95. The van der Waals surface area contributed by atoms with Crippen LogP contribution in [0.5, 0.6) is 11.5 Å². The Balaban J connectivity index is 2.35. The van der Waals surface area contributed by atoms with Gasteiger partial charge in [0.15, 0.2) is 11.5 Å². The zero-order valence-electron chi connectivity index (χ0n) is 11.2. The number of ether oxygens (including phenoxy) is 2. The van der Waals surface area contributed by atoms with Crippen molar-refractivity contribution in [3.05, 3.63) is 35.6 Å². The Hall–Kier alpha value is -2.06. The van der Waals surface area contributed by atoms with Crippen molar-refractivity contribution in [1.82, 2.24) is 9.97 Å². The molecule has 1 heterocycles. The van der Waals surface area contributed by atoms with Crippen molar-refractivity contribution >= 4 is 27.6 Å². The lowest BCUT2D eigenvalue weighted by Crippen LogP contribution is -2.15.